The summed E-state index contributed by atoms with van der Waals surface area (Å²) in [5.41, 5.74) is 0. The summed E-state index contributed by atoms with van der Waals surface area (Å²) in [4.78, 5) is 13.4. The predicted octanol–water partition coefficient (Wildman–Crippen LogP) is 3.48. The number of benzene rings is 1. The Morgan fingerprint density at radius 1 is 1.29 bits per heavy atom. The van der Waals surface area contributed by atoms with Crippen LogP contribution in [0.2, 0.25) is 0 Å². The summed E-state index contributed by atoms with van der Waals surface area (Å²) in [6.45, 7) is 1.98. The minimum Gasteiger partial charge on any atom is -0.497 e. The number of hydrogen-bond donors (Lipinski definition) is 1. The maximum absolute atomic E-state index is 12.3. The van der Waals surface area contributed by atoms with E-state index in [1.807, 2.05) is 31.2 Å². The first-order chi connectivity index (χ1) is 10.2. The molecule has 114 valence electrons. The van der Waals surface area contributed by atoms with Crippen LogP contribution in [0.1, 0.15) is 32.6 Å². The quantitative estimate of drug-likeness (QED) is 0.846. The van der Waals surface area contributed by atoms with Crippen molar-refractivity contribution < 1.29 is 9.53 Å². The lowest BCUT2D eigenvalue weighted by molar-refractivity contribution is -0.121. The van der Waals surface area contributed by atoms with E-state index < -0.39 is 0 Å². The van der Waals surface area contributed by atoms with Crippen molar-refractivity contribution in [3.63, 3.8) is 0 Å². The normalized spacial score (nSPS) is 28.4. The number of hydrogen-bond acceptors (Lipinski definition) is 3. The summed E-state index contributed by atoms with van der Waals surface area (Å²) in [7, 11) is 1.66. The second-order valence-corrected chi connectivity index (χ2v) is 7.64. The number of carbonyl (C=O) groups is 1. The van der Waals surface area contributed by atoms with Gasteiger partial charge in [-0.3, -0.25) is 4.79 Å². The fourth-order valence-electron chi connectivity index (χ4n) is 3.63. The molecule has 0 spiro atoms. The topological polar surface area (TPSA) is 38.3 Å². The van der Waals surface area contributed by atoms with Crippen molar-refractivity contribution >= 4 is 17.7 Å². The second-order valence-electron chi connectivity index (χ2n) is 6.23. The van der Waals surface area contributed by atoms with Crippen LogP contribution in [0.5, 0.6) is 5.75 Å². The Labute approximate surface area is 130 Å². The van der Waals surface area contributed by atoms with Crippen LogP contribution >= 0.6 is 11.8 Å². The van der Waals surface area contributed by atoms with E-state index in [0.29, 0.717) is 6.04 Å². The third-order valence-corrected chi connectivity index (χ3v) is 5.92. The molecule has 0 saturated heterocycles. The lowest BCUT2D eigenvalue weighted by Crippen LogP contribution is -2.42. The van der Waals surface area contributed by atoms with E-state index in [1.165, 1.54) is 25.7 Å². The highest BCUT2D eigenvalue weighted by Gasteiger charge is 2.40. The molecule has 0 aromatic heterocycles. The number of methoxy groups -OCH3 is 1. The molecule has 1 N–H and O–H groups in total. The van der Waals surface area contributed by atoms with Gasteiger partial charge in [0.25, 0.3) is 0 Å². The van der Waals surface area contributed by atoms with E-state index in [2.05, 4.69) is 5.32 Å². The van der Waals surface area contributed by atoms with Crippen LogP contribution in [0.3, 0.4) is 0 Å². The Morgan fingerprint density at radius 3 is 2.62 bits per heavy atom. The minimum absolute atomic E-state index is 0.0579. The third kappa shape index (κ3) is 3.37. The Morgan fingerprint density at radius 2 is 2.05 bits per heavy atom. The highest BCUT2D eigenvalue weighted by Crippen LogP contribution is 2.44. The highest BCUT2D eigenvalue weighted by molar-refractivity contribution is 8.00. The van der Waals surface area contributed by atoms with Crippen LogP contribution in [0.25, 0.3) is 0 Å². The van der Waals surface area contributed by atoms with Crippen molar-refractivity contribution in [1.82, 2.24) is 5.32 Å². The fraction of sp³-hybridized carbons (Fsp3) is 0.588. The standard InChI is InChI=1S/C17H23NO2S/c1-11(21-15-7-5-14(20-2)6-8-15)17(19)18-16-10-12-3-4-13(16)9-12/h5-8,11-13,16H,3-4,9-10H2,1-2H3,(H,18,19)/t11-,12-,13-,16+/m0/s1. The van der Waals surface area contributed by atoms with E-state index in [4.69, 9.17) is 4.74 Å². The van der Waals surface area contributed by atoms with E-state index >= 15 is 0 Å². The van der Waals surface area contributed by atoms with Crippen LogP contribution in [-0.2, 0) is 4.79 Å². The Bertz CT molecular complexity index is 502. The summed E-state index contributed by atoms with van der Waals surface area (Å²) in [5, 5.41) is 3.21. The molecule has 0 heterocycles. The van der Waals surface area contributed by atoms with Crippen LogP contribution in [0, 0.1) is 11.8 Å². The number of rotatable bonds is 5. The van der Waals surface area contributed by atoms with Gasteiger partial charge in [-0.1, -0.05) is 6.42 Å². The molecule has 2 bridgehead atoms. The van der Waals surface area contributed by atoms with Gasteiger partial charge in [0.15, 0.2) is 0 Å². The number of carbonyl (C=O) groups excluding carboxylic acids is 1. The lowest BCUT2D eigenvalue weighted by Gasteiger charge is -2.24. The van der Waals surface area contributed by atoms with Crippen molar-refractivity contribution in [2.45, 2.75) is 48.8 Å². The van der Waals surface area contributed by atoms with Gasteiger partial charge in [-0.05, 0) is 62.3 Å². The SMILES string of the molecule is COc1ccc(S[C@@H](C)C(=O)N[C@@H]2C[C@H]3CC[C@H]2C3)cc1. The number of ether oxygens (including phenoxy) is 1. The Hall–Kier alpha value is -1.16. The first-order valence-electron chi connectivity index (χ1n) is 7.77. The van der Waals surface area contributed by atoms with Crippen molar-refractivity contribution in [2.24, 2.45) is 11.8 Å². The van der Waals surface area contributed by atoms with E-state index in [-0.39, 0.29) is 11.2 Å². The largest absolute Gasteiger partial charge is 0.497 e. The smallest absolute Gasteiger partial charge is 0.233 e. The summed E-state index contributed by atoms with van der Waals surface area (Å²) >= 11 is 1.61. The maximum atomic E-state index is 12.3. The van der Waals surface area contributed by atoms with Crippen LogP contribution in [-0.4, -0.2) is 24.3 Å². The molecule has 4 heteroatoms. The number of amides is 1. The zero-order valence-electron chi connectivity index (χ0n) is 12.7. The molecule has 1 amide bonds. The van der Waals surface area contributed by atoms with Gasteiger partial charge in [-0.2, -0.15) is 0 Å². The molecule has 2 saturated carbocycles. The molecule has 1 aromatic rings. The molecule has 4 atom stereocenters. The first kappa shape index (κ1) is 14.8. The van der Waals surface area contributed by atoms with E-state index in [1.54, 1.807) is 18.9 Å². The van der Waals surface area contributed by atoms with Crippen molar-refractivity contribution in [3.05, 3.63) is 24.3 Å². The molecule has 2 aliphatic rings. The van der Waals surface area contributed by atoms with Gasteiger partial charge in [-0.15, -0.1) is 11.8 Å². The Balaban J connectivity index is 1.52. The zero-order chi connectivity index (χ0) is 14.8. The second kappa shape index (κ2) is 6.30. The summed E-state index contributed by atoms with van der Waals surface area (Å²) in [5.74, 6) is 2.62. The zero-order valence-corrected chi connectivity index (χ0v) is 13.5. The average Bonchev–Trinajstić information content (AvgIpc) is 3.10. The lowest BCUT2D eigenvalue weighted by atomic mass is 9.95. The van der Waals surface area contributed by atoms with Gasteiger partial charge in [0.2, 0.25) is 5.91 Å². The molecule has 2 fully saturated rings. The highest BCUT2D eigenvalue weighted by atomic mass is 32.2. The number of fused-ring (bicyclic) bond motifs is 2. The van der Waals surface area contributed by atoms with Gasteiger partial charge in [-0.25, -0.2) is 0 Å². The maximum Gasteiger partial charge on any atom is 0.233 e. The summed E-state index contributed by atoms with van der Waals surface area (Å²) < 4.78 is 5.15. The average molecular weight is 305 g/mol. The summed E-state index contributed by atoms with van der Waals surface area (Å²) in [6.07, 6.45) is 5.18. The molecule has 1 aromatic carbocycles. The molecule has 0 radical (unpaired) electrons. The molecule has 21 heavy (non-hydrogen) atoms. The van der Waals surface area contributed by atoms with Gasteiger partial charge < -0.3 is 10.1 Å². The molecule has 3 nitrogen and oxygen atoms in total. The molecule has 2 aliphatic carbocycles. The van der Waals surface area contributed by atoms with Crippen LogP contribution in [0.4, 0.5) is 0 Å². The van der Waals surface area contributed by atoms with Gasteiger partial charge in [0.1, 0.15) is 5.75 Å². The molecular weight excluding hydrogens is 282 g/mol. The number of nitrogens with one attached hydrogen (secondary N) is 1. The van der Waals surface area contributed by atoms with E-state index in [9.17, 15) is 4.79 Å². The predicted molar refractivity (Wildman–Crippen MR) is 85.7 cm³/mol. The molecule has 0 unspecified atom stereocenters. The van der Waals surface area contributed by atoms with Gasteiger partial charge >= 0.3 is 0 Å². The minimum atomic E-state index is -0.0579. The molecular formula is C17H23NO2S. The first-order valence-corrected chi connectivity index (χ1v) is 8.64. The van der Waals surface area contributed by atoms with E-state index in [0.717, 1.165) is 22.5 Å². The van der Waals surface area contributed by atoms with Gasteiger partial charge in [0, 0.05) is 10.9 Å². The number of thioether (sulfide) groups is 1. The van der Waals surface area contributed by atoms with Crippen molar-refractivity contribution in [1.29, 1.82) is 0 Å². The monoisotopic (exact) mass is 305 g/mol. The van der Waals surface area contributed by atoms with Crippen molar-refractivity contribution in [3.8, 4) is 5.75 Å². The Kier molecular flexibility index (Phi) is 4.43. The van der Waals surface area contributed by atoms with Gasteiger partial charge in [0.05, 0.1) is 12.4 Å². The molecule has 0 aliphatic heterocycles. The third-order valence-electron chi connectivity index (χ3n) is 4.81. The van der Waals surface area contributed by atoms with Crippen LogP contribution < -0.4 is 10.1 Å². The summed E-state index contributed by atoms with van der Waals surface area (Å²) in [6, 6.07) is 8.30. The fourth-order valence-corrected chi connectivity index (χ4v) is 4.51. The van der Waals surface area contributed by atoms with Crippen LogP contribution in [0.15, 0.2) is 29.2 Å². The molecule has 3 rings (SSSR count). The van der Waals surface area contributed by atoms with Crippen molar-refractivity contribution in [2.75, 3.05) is 7.11 Å².